The van der Waals surface area contributed by atoms with E-state index in [1.165, 1.54) is 17.0 Å². The highest BCUT2D eigenvalue weighted by atomic mass is 32.2. The van der Waals surface area contributed by atoms with E-state index >= 15 is 0 Å². The number of furan rings is 1. The highest BCUT2D eigenvalue weighted by Crippen LogP contribution is 2.41. The van der Waals surface area contributed by atoms with Gasteiger partial charge in [-0.25, -0.2) is 12.7 Å². The van der Waals surface area contributed by atoms with Gasteiger partial charge in [-0.2, -0.15) is 0 Å². The van der Waals surface area contributed by atoms with Crippen molar-refractivity contribution < 1.29 is 27.2 Å². The normalized spacial score (nSPS) is 26.4. The zero-order chi connectivity index (χ0) is 18.5. The molecule has 2 aliphatic rings. The number of nitrogens with zero attached hydrogens (tertiary/aromatic N) is 2. The molecule has 0 aliphatic carbocycles. The number of aldehydes is 1. The summed E-state index contributed by atoms with van der Waals surface area (Å²) in [5, 5.41) is 0. The van der Waals surface area contributed by atoms with Crippen molar-refractivity contribution in [1.29, 1.82) is 0 Å². The van der Waals surface area contributed by atoms with Crippen LogP contribution in [0.25, 0.3) is 0 Å². The second-order valence-electron chi connectivity index (χ2n) is 6.83. The molecule has 0 N–H and O–H groups in total. The number of rotatable bonds is 4. The average molecular weight is 368 g/mol. The van der Waals surface area contributed by atoms with E-state index in [2.05, 4.69) is 0 Å². The highest BCUT2D eigenvalue weighted by Gasteiger charge is 2.58. The molecule has 1 aromatic rings. The predicted octanol–water partition coefficient (Wildman–Crippen LogP) is 0.749. The average Bonchev–Trinajstić information content (AvgIpc) is 3.18. The van der Waals surface area contributed by atoms with Crippen LogP contribution in [0.3, 0.4) is 0 Å². The van der Waals surface area contributed by atoms with Gasteiger partial charge in [0, 0.05) is 6.54 Å². The van der Waals surface area contributed by atoms with Crippen LogP contribution >= 0.6 is 0 Å². The summed E-state index contributed by atoms with van der Waals surface area (Å²) in [6, 6.07) is 1.73. The Bertz CT molecular complexity index is 827. The second kappa shape index (κ2) is 5.98. The highest BCUT2D eigenvalue weighted by molar-refractivity contribution is 7.88. The molecule has 0 unspecified atom stereocenters. The summed E-state index contributed by atoms with van der Waals surface area (Å²) in [6.45, 7) is 4.00. The molecule has 1 aromatic heterocycles. The van der Waals surface area contributed by atoms with Gasteiger partial charge >= 0.3 is 0 Å². The van der Waals surface area contributed by atoms with E-state index in [0.717, 1.165) is 10.6 Å². The minimum absolute atomic E-state index is 0.00973. The summed E-state index contributed by atoms with van der Waals surface area (Å²) in [4.78, 5) is 37.7. The van der Waals surface area contributed by atoms with Gasteiger partial charge in [-0.15, -0.1) is 0 Å². The Labute approximate surface area is 145 Å². The van der Waals surface area contributed by atoms with Crippen LogP contribution in [0.1, 0.15) is 41.4 Å². The van der Waals surface area contributed by atoms with Crippen LogP contribution in [-0.2, 0) is 14.8 Å². The summed E-state index contributed by atoms with van der Waals surface area (Å²) in [5.74, 6) is -1.56. The minimum Gasteiger partial charge on any atom is -0.448 e. The summed E-state index contributed by atoms with van der Waals surface area (Å²) in [6.07, 6.45) is 1.91. The Kier molecular flexibility index (Phi) is 4.22. The fourth-order valence-corrected chi connectivity index (χ4v) is 5.11. The second-order valence-corrected chi connectivity index (χ2v) is 8.69. The fraction of sp³-hybridized carbons (Fsp3) is 0.562. The monoisotopic (exact) mass is 368 g/mol. The number of carbonyl (C=O) groups is 3. The van der Waals surface area contributed by atoms with E-state index in [-0.39, 0.29) is 17.4 Å². The van der Waals surface area contributed by atoms with E-state index in [1.54, 1.807) is 0 Å². The molecule has 2 fully saturated rings. The number of amides is 2. The Balaban J connectivity index is 1.98. The van der Waals surface area contributed by atoms with Crippen LogP contribution in [-0.4, -0.2) is 60.6 Å². The molecular weight excluding hydrogens is 348 g/mol. The third-order valence-electron chi connectivity index (χ3n) is 4.88. The molecule has 25 heavy (non-hydrogen) atoms. The van der Waals surface area contributed by atoms with Gasteiger partial charge in [0.15, 0.2) is 17.8 Å². The number of sulfonamides is 1. The Hall–Kier alpha value is -2.16. The summed E-state index contributed by atoms with van der Waals surface area (Å²) >= 11 is 0. The van der Waals surface area contributed by atoms with Gasteiger partial charge in [0.1, 0.15) is 0 Å². The number of fused-ring (bicyclic) bond motifs is 1. The predicted molar refractivity (Wildman–Crippen MR) is 87.3 cm³/mol. The lowest BCUT2D eigenvalue weighted by Gasteiger charge is -2.28. The van der Waals surface area contributed by atoms with Crippen molar-refractivity contribution in [3.05, 3.63) is 23.7 Å². The third-order valence-corrected chi connectivity index (χ3v) is 6.05. The molecule has 0 saturated carbocycles. The van der Waals surface area contributed by atoms with Crippen LogP contribution in [0.4, 0.5) is 0 Å². The smallest absolute Gasteiger partial charge is 0.289 e. The van der Waals surface area contributed by atoms with Gasteiger partial charge in [-0.05, 0) is 24.5 Å². The lowest BCUT2D eigenvalue weighted by Crippen LogP contribution is -2.44. The van der Waals surface area contributed by atoms with E-state index in [0.29, 0.717) is 19.3 Å². The van der Waals surface area contributed by atoms with Crippen molar-refractivity contribution in [2.24, 2.45) is 11.8 Å². The van der Waals surface area contributed by atoms with Crippen molar-refractivity contribution in [2.75, 3.05) is 12.8 Å². The van der Waals surface area contributed by atoms with Crippen molar-refractivity contribution in [2.45, 2.75) is 32.4 Å². The summed E-state index contributed by atoms with van der Waals surface area (Å²) < 4.78 is 30.3. The molecule has 2 saturated heterocycles. The molecule has 3 atom stereocenters. The van der Waals surface area contributed by atoms with Crippen molar-refractivity contribution in [1.82, 2.24) is 9.21 Å². The van der Waals surface area contributed by atoms with Crippen LogP contribution in [0, 0.1) is 11.8 Å². The van der Waals surface area contributed by atoms with Gasteiger partial charge in [-0.1, -0.05) is 13.8 Å². The zero-order valence-corrected chi connectivity index (χ0v) is 15.0. The Morgan fingerprint density at radius 2 is 2.04 bits per heavy atom. The summed E-state index contributed by atoms with van der Waals surface area (Å²) in [5.41, 5.74) is 0. The molecule has 9 heteroatoms. The zero-order valence-electron chi connectivity index (χ0n) is 14.2. The fourth-order valence-electron chi connectivity index (χ4n) is 3.94. The lowest BCUT2D eigenvalue weighted by molar-refractivity contribution is -0.129. The molecule has 136 valence electrons. The van der Waals surface area contributed by atoms with Crippen LogP contribution in [0.15, 0.2) is 16.5 Å². The number of hydrogen-bond acceptors (Lipinski definition) is 6. The number of likely N-dealkylation sites (tertiary alicyclic amines) is 1. The molecule has 3 rings (SSSR count). The Morgan fingerprint density at radius 1 is 1.36 bits per heavy atom. The molecule has 0 bridgehead atoms. The van der Waals surface area contributed by atoms with Crippen LogP contribution in [0.2, 0.25) is 0 Å². The topological polar surface area (TPSA) is 105 Å². The molecular formula is C16H20N2O6S. The summed E-state index contributed by atoms with van der Waals surface area (Å²) in [7, 11) is -3.71. The lowest BCUT2D eigenvalue weighted by atomic mass is 9.88. The van der Waals surface area contributed by atoms with E-state index in [4.69, 9.17) is 4.42 Å². The molecule has 3 heterocycles. The number of hydrogen-bond donors (Lipinski definition) is 0. The van der Waals surface area contributed by atoms with E-state index in [1.807, 2.05) is 13.8 Å². The molecule has 0 aromatic carbocycles. The quantitative estimate of drug-likeness (QED) is 0.726. The maximum atomic E-state index is 12.8. The van der Waals surface area contributed by atoms with Crippen molar-refractivity contribution in [3.8, 4) is 0 Å². The SMILES string of the molecule is CC(C)[C@@H]1C(=O)N(S(C)(=O)=O)[C@@H]2CCN(C(=O)c3ccc(C=O)o3)[C@H]21. The van der Waals surface area contributed by atoms with Crippen LogP contribution < -0.4 is 0 Å². The van der Waals surface area contributed by atoms with Gasteiger partial charge in [0.2, 0.25) is 15.9 Å². The minimum atomic E-state index is -3.71. The van der Waals surface area contributed by atoms with Gasteiger partial charge in [0.25, 0.3) is 5.91 Å². The largest absolute Gasteiger partial charge is 0.448 e. The van der Waals surface area contributed by atoms with Gasteiger partial charge in [0.05, 0.1) is 24.3 Å². The first kappa shape index (κ1) is 17.7. The van der Waals surface area contributed by atoms with E-state index < -0.39 is 39.8 Å². The van der Waals surface area contributed by atoms with Crippen molar-refractivity contribution in [3.63, 3.8) is 0 Å². The van der Waals surface area contributed by atoms with Crippen LogP contribution in [0.5, 0.6) is 0 Å². The van der Waals surface area contributed by atoms with Gasteiger partial charge < -0.3 is 9.32 Å². The number of carbonyl (C=O) groups excluding carboxylic acids is 3. The maximum Gasteiger partial charge on any atom is 0.289 e. The first-order valence-corrected chi connectivity index (χ1v) is 9.91. The molecule has 0 radical (unpaired) electrons. The molecule has 2 aliphatic heterocycles. The Morgan fingerprint density at radius 3 is 2.56 bits per heavy atom. The molecule has 0 spiro atoms. The van der Waals surface area contributed by atoms with Gasteiger partial charge in [-0.3, -0.25) is 14.4 Å². The van der Waals surface area contributed by atoms with E-state index in [9.17, 15) is 22.8 Å². The first-order valence-electron chi connectivity index (χ1n) is 8.06. The molecule has 8 nitrogen and oxygen atoms in total. The standard InChI is InChI=1S/C16H20N2O6S/c1-9(2)13-14-11(18(16(13)21)25(3,22)23)6-7-17(14)15(20)12-5-4-10(8-19)24-12/h4-5,8-9,11,13-14H,6-7H2,1-3H3/t11-,13+,14-/m1/s1. The molecule has 2 amide bonds. The third kappa shape index (κ3) is 2.76. The first-order chi connectivity index (χ1) is 11.7. The van der Waals surface area contributed by atoms with Crippen molar-refractivity contribution >= 4 is 28.1 Å². The maximum absolute atomic E-state index is 12.8.